The Hall–Kier alpha value is -1.98. The summed E-state index contributed by atoms with van der Waals surface area (Å²) >= 11 is 1.05. The van der Waals surface area contributed by atoms with Gasteiger partial charge in [-0.05, 0) is 55.1 Å². The number of hydrogen-bond donors (Lipinski definition) is 3. The van der Waals surface area contributed by atoms with E-state index < -0.39 is 9.84 Å². The van der Waals surface area contributed by atoms with Crippen molar-refractivity contribution in [2.24, 2.45) is 0 Å². The van der Waals surface area contributed by atoms with Gasteiger partial charge >= 0.3 is 4.87 Å². The number of phenols is 1. The first-order valence-electron chi connectivity index (χ1n) is 10.4. The lowest BCUT2D eigenvalue weighted by Gasteiger charge is -2.08. The molecule has 0 spiro atoms. The Kier molecular flexibility index (Phi) is 10.8. The van der Waals surface area contributed by atoms with Crippen molar-refractivity contribution in [2.45, 2.75) is 19.3 Å². The van der Waals surface area contributed by atoms with Crippen molar-refractivity contribution in [3.05, 3.63) is 63.0 Å². The number of H-pyrrole nitrogens is 1. The fourth-order valence-corrected chi connectivity index (χ4v) is 5.39. The van der Waals surface area contributed by atoms with Gasteiger partial charge in [-0.2, -0.15) is 0 Å². The summed E-state index contributed by atoms with van der Waals surface area (Å²) in [7, 11) is -3.17. The van der Waals surface area contributed by atoms with E-state index >= 15 is 0 Å². The molecular weight excluding hydrogens is 491 g/mol. The van der Waals surface area contributed by atoms with Crippen LogP contribution in [0, 0.1) is 5.82 Å². The average molecular weight is 519 g/mol. The van der Waals surface area contributed by atoms with Gasteiger partial charge in [0.05, 0.1) is 22.8 Å². The van der Waals surface area contributed by atoms with Crippen LogP contribution in [0.2, 0.25) is 0 Å². The van der Waals surface area contributed by atoms with Crippen LogP contribution in [-0.2, 0) is 27.4 Å². The summed E-state index contributed by atoms with van der Waals surface area (Å²) < 4.78 is 43.4. The lowest BCUT2D eigenvalue weighted by atomic mass is 10.1. The molecule has 1 heterocycles. The van der Waals surface area contributed by atoms with Crippen molar-refractivity contribution in [2.75, 3.05) is 37.8 Å². The van der Waals surface area contributed by atoms with Gasteiger partial charge in [0.2, 0.25) is 0 Å². The highest BCUT2D eigenvalue weighted by Crippen LogP contribution is 2.27. The SMILES string of the molecule is Cl.O=c1[nH]c2c(O)ccc(CCNCCS(=O)(=O)CCCOCCc3ccc(F)cc3)c2s1. The molecule has 0 unspecified atom stereocenters. The summed E-state index contributed by atoms with van der Waals surface area (Å²) in [5.41, 5.74) is 2.35. The monoisotopic (exact) mass is 518 g/mol. The number of benzene rings is 2. The summed E-state index contributed by atoms with van der Waals surface area (Å²) in [6.07, 6.45) is 1.71. The largest absolute Gasteiger partial charge is 0.506 e. The van der Waals surface area contributed by atoms with Crippen LogP contribution in [-0.4, -0.2) is 56.3 Å². The maximum Gasteiger partial charge on any atom is 0.305 e. The van der Waals surface area contributed by atoms with E-state index in [4.69, 9.17) is 4.74 Å². The van der Waals surface area contributed by atoms with Crippen LogP contribution in [0.3, 0.4) is 0 Å². The molecule has 0 radical (unpaired) electrons. The first kappa shape index (κ1) is 27.3. The predicted molar refractivity (Wildman–Crippen MR) is 132 cm³/mol. The number of sulfone groups is 1. The highest BCUT2D eigenvalue weighted by Gasteiger charge is 2.11. The van der Waals surface area contributed by atoms with Crippen LogP contribution in [0.5, 0.6) is 5.75 Å². The first-order chi connectivity index (χ1) is 15.3. The topological polar surface area (TPSA) is 108 Å². The van der Waals surface area contributed by atoms with Crippen molar-refractivity contribution in [1.29, 1.82) is 0 Å². The molecule has 0 amide bonds. The number of phenolic OH excluding ortho intramolecular Hbond substituents is 1. The molecule has 0 bridgehead atoms. The zero-order valence-corrected chi connectivity index (χ0v) is 20.5. The van der Waals surface area contributed by atoms with E-state index in [1.807, 2.05) is 0 Å². The van der Waals surface area contributed by atoms with E-state index in [2.05, 4.69) is 10.3 Å². The van der Waals surface area contributed by atoms with Gasteiger partial charge in [-0.15, -0.1) is 12.4 Å². The second-order valence-electron chi connectivity index (χ2n) is 7.46. The summed E-state index contributed by atoms with van der Waals surface area (Å²) in [6, 6.07) is 9.55. The number of rotatable bonds is 13. The Morgan fingerprint density at radius 1 is 1.03 bits per heavy atom. The summed E-state index contributed by atoms with van der Waals surface area (Å²) in [5.74, 6) is -0.113. The van der Waals surface area contributed by atoms with Crippen LogP contribution in [0.25, 0.3) is 10.2 Å². The molecule has 1 aromatic heterocycles. The average Bonchev–Trinajstić information content (AvgIpc) is 3.15. The van der Waals surface area contributed by atoms with E-state index in [1.165, 1.54) is 12.1 Å². The molecule has 33 heavy (non-hydrogen) atoms. The van der Waals surface area contributed by atoms with Crippen molar-refractivity contribution in [3.8, 4) is 5.75 Å². The molecule has 11 heteroatoms. The molecule has 0 atom stereocenters. The maximum atomic E-state index is 12.9. The minimum absolute atomic E-state index is 0. The number of nitrogens with one attached hydrogen (secondary N) is 2. The Morgan fingerprint density at radius 2 is 1.79 bits per heavy atom. The highest BCUT2D eigenvalue weighted by molar-refractivity contribution is 7.91. The van der Waals surface area contributed by atoms with Gasteiger partial charge in [0.25, 0.3) is 0 Å². The fraction of sp³-hybridized carbons (Fsp3) is 0.409. The van der Waals surface area contributed by atoms with E-state index in [0.717, 1.165) is 27.2 Å². The first-order valence-corrected chi connectivity index (χ1v) is 13.0. The molecule has 0 aliphatic rings. The Labute approximate surface area is 202 Å². The summed E-state index contributed by atoms with van der Waals surface area (Å²) in [5, 5.41) is 12.9. The van der Waals surface area contributed by atoms with Gasteiger partial charge in [-0.1, -0.05) is 29.5 Å². The number of hydrogen-bond acceptors (Lipinski definition) is 7. The molecule has 0 fully saturated rings. The maximum absolute atomic E-state index is 12.9. The number of aromatic amines is 1. The summed E-state index contributed by atoms with van der Waals surface area (Å²) in [4.78, 5) is 13.9. The van der Waals surface area contributed by atoms with Crippen molar-refractivity contribution in [3.63, 3.8) is 0 Å². The molecule has 0 aliphatic carbocycles. The minimum Gasteiger partial charge on any atom is -0.506 e. The van der Waals surface area contributed by atoms with Crippen molar-refractivity contribution in [1.82, 2.24) is 10.3 Å². The lowest BCUT2D eigenvalue weighted by Crippen LogP contribution is -2.26. The lowest BCUT2D eigenvalue weighted by molar-refractivity contribution is 0.138. The molecule has 0 aliphatic heterocycles. The second-order valence-corrected chi connectivity index (χ2v) is 10.7. The van der Waals surface area contributed by atoms with E-state index in [9.17, 15) is 22.7 Å². The van der Waals surface area contributed by atoms with Crippen molar-refractivity contribution >= 4 is 43.8 Å². The number of aromatic nitrogens is 1. The molecule has 0 saturated heterocycles. The van der Waals surface area contributed by atoms with E-state index in [1.54, 1.807) is 24.3 Å². The van der Waals surface area contributed by atoms with Gasteiger partial charge in [0.1, 0.15) is 17.1 Å². The molecule has 3 aromatic rings. The van der Waals surface area contributed by atoms with Gasteiger partial charge < -0.3 is 20.1 Å². The fourth-order valence-electron chi connectivity index (χ4n) is 3.27. The van der Waals surface area contributed by atoms with Gasteiger partial charge in [-0.25, -0.2) is 12.8 Å². The van der Waals surface area contributed by atoms with Gasteiger partial charge in [0.15, 0.2) is 9.84 Å². The van der Waals surface area contributed by atoms with Gasteiger partial charge in [-0.3, -0.25) is 4.79 Å². The molecule has 2 aromatic carbocycles. The predicted octanol–water partition coefficient (Wildman–Crippen LogP) is 3.05. The molecule has 7 nitrogen and oxygen atoms in total. The zero-order valence-electron chi connectivity index (χ0n) is 18.0. The molecule has 0 saturated carbocycles. The van der Waals surface area contributed by atoms with Crippen LogP contribution in [0.4, 0.5) is 4.39 Å². The number of thiazole rings is 1. The normalized spacial score (nSPS) is 11.5. The number of halogens is 2. The third kappa shape index (κ3) is 8.71. The standard InChI is InChI=1S/C22H27FN2O5S2.ClH/c23-18-5-2-16(3-6-18)9-13-30-12-1-14-32(28,29)15-11-24-10-8-17-4-7-19(26)20-21(17)31-22(27)25-20;/h2-7,24,26H,1,8-15H2,(H,25,27);1H. The van der Waals surface area contributed by atoms with E-state index in [-0.39, 0.29) is 40.4 Å². The molecule has 3 N–H and O–H groups in total. The number of aromatic hydroxyl groups is 1. The van der Waals surface area contributed by atoms with Gasteiger partial charge in [0, 0.05) is 13.2 Å². The third-order valence-electron chi connectivity index (χ3n) is 4.99. The van der Waals surface area contributed by atoms with Crippen LogP contribution in [0.15, 0.2) is 41.2 Å². The third-order valence-corrected chi connectivity index (χ3v) is 7.69. The van der Waals surface area contributed by atoms with Crippen LogP contribution in [0.1, 0.15) is 17.5 Å². The van der Waals surface area contributed by atoms with Crippen molar-refractivity contribution < 1.29 is 22.7 Å². The smallest absolute Gasteiger partial charge is 0.305 e. The van der Waals surface area contributed by atoms with Crippen LogP contribution < -0.4 is 10.2 Å². The number of ether oxygens (including phenoxy) is 1. The number of fused-ring (bicyclic) bond motifs is 1. The highest BCUT2D eigenvalue weighted by atomic mass is 35.5. The Morgan fingerprint density at radius 3 is 2.55 bits per heavy atom. The molecule has 3 rings (SSSR count). The second kappa shape index (κ2) is 13.0. The molecule has 182 valence electrons. The molecular formula is C22H28ClFN2O5S2. The quantitative estimate of drug-likeness (QED) is 0.300. The Bertz CT molecular complexity index is 1180. The van der Waals surface area contributed by atoms with E-state index in [0.29, 0.717) is 51.1 Å². The minimum atomic E-state index is -3.17. The summed E-state index contributed by atoms with van der Waals surface area (Å²) in [6.45, 7) is 1.74. The zero-order chi connectivity index (χ0) is 23.0. The van der Waals surface area contributed by atoms with Crippen LogP contribution >= 0.6 is 23.7 Å². The Balaban J connectivity index is 0.00000385.